The van der Waals surface area contributed by atoms with Gasteiger partial charge < -0.3 is 5.32 Å². The Morgan fingerprint density at radius 1 is 0.921 bits per heavy atom. The predicted octanol–water partition coefficient (Wildman–Crippen LogP) is 4.39. The van der Waals surface area contributed by atoms with Crippen LogP contribution in [0.3, 0.4) is 0 Å². The first-order valence-electron chi connectivity index (χ1n) is 12.7. The molecule has 3 aromatic rings. The van der Waals surface area contributed by atoms with Crippen LogP contribution in [0.15, 0.2) is 58.8 Å². The van der Waals surface area contributed by atoms with Gasteiger partial charge in [-0.2, -0.15) is 4.31 Å². The van der Waals surface area contributed by atoms with Gasteiger partial charge in [0.2, 0.25) is 15.9 Å². The highest BCUT2D eigenvalue weighted by Gasteiger charge is 2.34. The number of fused-ring (bicyclic) bond motifs is 1. The largest absolute Gasteiger partial charge is 0.302 e. The maximum Gasteiger partial charge on any atom is 0.261 e. The molecule has 1 N–H and O–H groups in total. The van der Waals surface area contributed by atoms with Gasteiger partial charge in [0.25, 0.3) is 11.8 Å². The van der Waals surface area contributed by atoms with Crippen LogP contribution in [0.2, 0.25) is 0 Å². The minimum Gasteiger partial charge on any atom is -0.302 e. The lowest BCUT2D eigenvalue weighted by atomic mass is 10.1. The average Bonchev–Trinajstić information content (AvgIpc) is 3.33. The minimum atomic E-state index is -3.52. The van der Waals surface area contributed by atoms with E-state index in [9.17, 15) is 22.8 Å². The van der Waals surface area contributed by atoms with E-state index in [1.807, 2.05) is 0 Å². The summed E-state index contributed by atoms with van der Waals surface area (Å²) < 4.78 is 27.6. The van der Waals surface area contributed by atoms with Gasteiger partial charge in [0.05, 0.1) is 21.7 Å². The molecule has 2 aliphatic rings. The Morgan fingerprint density at radius 2 is 1.55 bits per heavy atom. The normalized spacial score (nSPS) is 16.4. The number of sulfonamides is 1. The first kappa shape index (κ1) is 26.2. The van der Waals surface area contributed by atoms with E-state index in [1.165, 1.54) is 16.2 Å². The number of nitrogens with one attached hydrogen (secondary N) is 1. The monoisotopic (exact) mass is 552 g/mol. The highest BCUT2D eigenvalue weighted by Crippen LogP contribution is 2.28. The number of carbonyl (C=O) groups is 3. The lowest BCUT2D eigenvalue weighted by molar-refractivity contribution is -0.116. The van der Waals surface area contributed by atoms with Crippen LogP contribution in [0.25, 0.3) is 11.3 Å². The van der Waals surface area contributed by atoms with Gasteiger partial charge in [0.1, 0.15) is 0 Å². The van der Waals surface area contributed by atoms with Crippen LogP contribution in [0.4, 0.5) is 5.13 Å². The smallest absolute Gasteiger partial charge is 0.261 e. The Hall–Kier alpha value is -3.41. The molecule has 3 amide bonds. The number of aromatic nitrogens is 1. The van der Waals surface area contributed by atoms with Gasteiger partial charge in [-0.25, -0.2) is 13.4 Å². The van der Waals surface area contributed by atoms with Crippen molar-refractivity contribution in [1.29, 1.82) is 0 Å². The van der Waals surface area contributed by atoms with E-state index in [1.54, 1.807) is 58.2 Å². The highest BCUT2D eigenvalue weighted by atomic mass is 32.2. The molecule has 0 unspecified atom stereocenters. The van der Waals surface area contributed by atoms with Gasteiger partial charge in [0.15, 0.2) is 5.13 Å². The number of hydrogen-bond donors (Lipinski definition) is 1. The molecule has 0 aliphatic carbocycles. The lowest BCUT2D eigenvalue weighted by Crippen LogP contribution is -2.31. The van der Waals surface area contributed by atoms with Crippen molar-refractivity contribution < 1.29 is 22.8 Å². The van der Waals surface area contributed by atoms with Gasteiger partial charge in [-0.15, -0.1) is 11.3 Å². The first-order chi connectivity index (χ1) is 18.3. The zero-order chi connectivity index (χ0) is 26.7. The first-order valence-corrected chi connectivity index (χ1v) is 15.0. The average molecular weight is 553 g/mol. The fourth-order valence-electron chi connectivity index (χ4n) is 4.71. The molecule has 0 saturated carbocycles. The molecule has 2 aliphatic heterocycles. The molecule has 2 aromatic carbocycles. The van der Waals surface area contributed by atoms with Crippen LogP contribution in [0.5, 0.6) is 0 Å². The van der Waals surface area contributed by atoms with Crippen molar-refractivity contribution in [3.63, 3.8) is 0 Å². The Labute approximate surface area is 225 Å². The predicted molar refractivity (Wildman–Crippen MR) is 144 cm³/mol. The Balaban J connectivity index is 1.14. The third kappa shape index (κ3) is 5.40. The number of carbonyl (C=O) groups excluding carboxylic acids is 3. The molecule has 3 heterocycles. The summed E-state index contributed by atoms with van der Waals surface area (Å²) in [5.41, 5.74) is 2.17. The van der Waals surface area contributed by atoms with E-state index >= 15 is 0 Å². The van der Waals surface area contributed by atoms with Crippen molar-refractivity contribution in [2.75, 3.05) is 25.0 Å². The summed E-state index contributed by atoms with van der Waals surface area (Å²) in [5, 5.41) is 4.98. The van der Waals surface area contributed by atoms with Gasteiger partial charge in [-0.05, 0) is 43.5 Å². The second-order valence-electron chi connectivity index (χ2n) is 9.34. The summed E-state index contributed by atoms with van der Waals surface area (Å²) >= 11 is 1.27. The number of anilines is 1. The molecular formula is C27H28N4O5S2. The lowest BCUT2D eigenvalue weighted by Gasteiger charge is -2.19. The number of thiazole rings is 1. The minimum absolute atomic E-state index is 0.130. The molecule has 1 saturated heterocycles. The summed E-state index contributed by atoms with van der Waals surface area (Å²) in [7, 11) is -3.52. The van der Waals surface area contributed by atoms with Crippen molar-refractivity contribution in [2.24, 2.45) is 0 Å². The van der Waals surface area contributed by atoms with Crippen LogP contribution in [-0.2, 0) is 14.8 Å². The van der Waals surface area contributed by atoms with Crippen LogP contribution in [0.1, 0.15) is 59.2 Å². The van der Waals surface area contributed by atoms with Crippen molar-refractivity contribution in [2.45, 2.75) is 43.4 Å². The van der Waals surface area contributed by atoms with E-state index in [0.29, 0.717) is 41.5 Å². The number of amides is 3. The van der Waals surface area contributed by atoms with Gasteiger partial charge in [-0.3, -0.25) is 19.3 Å². The number of hydrogen-bond acceptors (Lipinski definition) is 7. The van der Waals surface area contributed by atoms with Gasteiger partial charge >= 0.3 is 0 Å². The molecule has 9 nitrogen and oxygen atoms in total. The molecule has 0 bridgehead atoms. The summed E-state index contributed by atoms with van der Waals surface area (Å²) in [5.74, 6) is -0.928. The summed E-state index contributed by atoms with van der Waals surface area (Å²) in [6.07, 6.45) is 4.34. The Bertz CT molecular complexity index is 1420. The molecule has 5 rings (SSSR count). The summed E-state index contributed by atoms with van der Waals surface area (Å²) in [6, 6.07) is 13.4. The highest BCUT2D eigenvalue weighted by molar-refractivity contribution is 7.89. The standard InChI is InChI=1S/C27H28N4O5S2/c32-24(10-7-17-31-25(33)21-8-3-4-9-22(21)26(31)34)29-27-28-23(18-37-27)19-11-13-20(14-12-19)38(35,36)30-15-5-1-2-6-16-30/h3-4,8-9,11-14,18H,1-2,5-7,10,15-17H2,(H,28,29,32). The Morgan fingerprint density at radius 3 is 2.18 bits per heavy atom. The van der Waals surface area contributed by atoms with Crippen molar-refractivity contribution >= 4 is 44.2 Å². The number of imide groups is 1. The fraction of sp³-hybridized carbons (Fsp3) is 0.333. The van der Waals surface area contributed by atoms with Crippen LogP contribution in [0, 0.1) is 0 Å². The van der Waals surface area contributed by atoms with E-state index < -0.39 is 10.0 Å². The number of nitrogens with zero attached hydrogens (tertiary/aromatic N) is 3. The molecule has 11 heteroatoms. The molecule has 198 valence electrons. The van der Waals surface area contributed by atoms with E-state index in [4.69, 9.17) is 0 Å². The van der Waals surface area contributed by atoms with E-state index in [0.717, 1.165) is 31.2 Å². The molecular weight excluding hydrogens is 524 g/mol. The third-order valence-electron chi connectivity index (χ3n) is 6.77. The van der Waals surface area contributed by atoms with Crippen LogP contribution < -0.4 is 5.32 Å². The zero-order valence-electron chi connectivity index (χ0n) is 20.8. The SMILES string of the molecule is O=C(CCCN1C(=O)c2ccccc2C1=O)Nc1nc(-c2ccc(S(=O)(=O)N3CCCCCC3)cc2)cs1. The van der Waals surface area contributed by atoms with Crippen molar-refractivity contribution in [1.82, 2.24) is 14.2 Å². The zero-order valence-corrected chi connectivity index (χ0v) is 22.4. The van der Waals surface area contributed by atoms with Crippen LogP contribution in [-0.4, -0.2) is 60.0 Å². The van der Waals surface area contributed by atoms with Crippen molar-refractivity contribution in [3.8, 4) is 11.3 Å². The molecule has 38 heavy (non-hydrogen) atoms. The second kappa shape index (κ2) is 11.1. The van der Waals surface area contributed by atoms with E-state index in [-0.39, 0.29) is 35.6 Å². The van der Waals surface area contributed by atoms with Crippen LogP contribution >= 0.6 is 11.3 Å². The number of benzene rings is 2. The Kier molecular flexibility index (Phi) is 7.68. The van der Waals surface area contributed by atoms with E-state index in [2.05, 4.69) is 10.3 Å². The molecule has 1 aromatic heterocycles. The summed E-state index contributed by atoms with van der Waals surface area (Å²) in [4.78, 5) is 43.2. The third-order valence-corrected chi connectivity index (χ3v) is 9.44. The quantitative estimate of drug-likeness (QED) is 0.414. The molecule has 0 radical (unpaired) electrons. The maximum absolute atomic E-state index is 13.0. The number of rotatable bonds is 8. The molecule has 0 atom stereocenters. The van der Waals surface area contributed by atoms with Crippen molar-refractivity contribution in [3.05, 3.63) is 65.0 Å². The van der Waals surface area contributed by atoms with Gasteiger partial charge in [-0.1, -0.05) is 37.1 Å². The second-order valence-corrected chi connectivity index (χ2v) is 12.1. The topological polar surface area (TPSA) is 117 Å². The maximum atomic E-state index is 13.0. The fourth-order valence-corrected chi connectivity index (χ4v) is 6.97. The summed E-state index contributed by atoms with van der Waals surface area (Å²) in [6.45, 7) is 1.27. The molecule has 1 fully saturated rings. The van der Waals surface area contributed by atoms with Gasteiger partial charge in [0, 0.05) is 37.0 Å². The molecule has 0 spiro atoms.